The standard InChI is InChI=1S/C17H21N3O2/c1-13(2)11-16(18-3)15-12-14(7-8-17(15)20(21)22)19-9-5-4-6-10-19/h7-8,11-12H,1,3-6,9-10H2,2H3/b16-11-. The van der Waals surface area contributed by atoms with Crippen molar-refractivity contribution >= 4 is 23.8 Å². The van der Waals surface area contributed by atoms with Gasteiger partial charge in [-0.2, -0.15) is 0 Å². The maximum atomic E-state index is 11.3. The van der Waals surface area contributed by atoms with Gasteiger partial charge in [-0.05, 0) is 51.1 Å². The van der Waals surface area contributed by atoms with E-state index in [0.29, 0.717) is 11.3 Å². The van der Waals surface area contributed by atoms with E-state index in [0.717, 1.165) is 37.2 Å². The van der Waals surface area contributed by atoms with E-state index >= 15 is 0 Å². The molecule has 0 unspecified atom stereocenters. The quantitative estimate of drug-likeness (QED) is 0.354. The van der Waals surface area contributed by atoms with Crippen molar-refractivity contribution in [1.29, 1.82) is 0 Å². The van der Waals surface area contributed by atoms with Crippen LogP contribution in [-0.2, 0) is 0 Å². The van der Waals surface area contributed by atoms with E-state index in [2.05, 4.69) is 23.2 Å². The second-order valence-corrected chi connectivity index (χ2v) is 5.54. The first-order chi connectivity index (χ1) is 10.5. The second-order valence-electron chi connectivity index (χ2n) is 5.54. The molecule has 22 heavy (non-hydrogen) atoms. The molecule has 1 fully saturated rings. The predicted octanol–water partition coefficient (Wildman–Crippen LogP) is 4.20. The summed E-state index contributed by atoms with van der Waals surface area (Å²) in [6.45, 7) is 11.1. The molecule has 0 bridgehead atoms. The highest BCUT2D eigenvalue weighted by Crippen LogP contribution is 2.32. The number of anilines is 1. The van der Waals surface area contributed by atoms with Crippen molar-refractivity contribution in [3.63, 3.8) is 0 Å². The Morgan fingerprint density at radius 2 is 2.05 bits per heavy atom. The number of aliphatic imine (C=N–C) groups is 1. The molecule has 2 rings (SSSR count). The van der Waals surface area contributed by atoms with Crippen molar-refractivity contribution in [2.75, 3.05) is 18.0 Å². The molecule has 1 aromatic carbocycles. The van der Waals surface area contributed by atoms with Gasteiger partial charge < -0.3 is 4.90 Å². The van der Waals surface area contributed by atoms with Crippen LogP contribution < -0.4 is 4.90 Å². The Kier molecular flexibility index (Phi) is 5.09. The van der Waals surface area contributed by atoms with Crippen LogP contribution in [0.15, 0.2) is 41.4 Å². The van der Waals surface area contributed by atoms with Gasteiger partial charge in [0.2, 0.25) is 0 Å². The van der Waals surface area contributed by atoms with Crippen molar-refractivity contribution in [2.45, 2.75) is 26.2 Å². The second kappa shape index (κ2) is 7.02. The Morgan fingerprint density at radius 1 is 1.36 bits per heavy atom. The summed E-state index contributed by atoms with van der Waals surface area (Å²) in [4.78, 5) is 17.1. The maximum absolute atomic E-state index is 11.3. The van der Waals surface area contributed by atoms with Gasteiger partial charge in [-0.1, -0.05) is 12.2 Å². The van der Waals surface area contributed by atoms with Crippen LogP contribution in [0.5, 0.6) is 0 Å². The fourth-order valence-corrected chi connectivity index (χ4v) is 2.68. The number of nitro benzene ring substituents is 1. The highest BCUT2D eigenvalue weighted by Gasteiger charge is 2.20. The summed E-state index contributed by atoms with van der Waals surface area (Å²) >= 11 is 0. The molecular formula is C17H21N3O2. The third-order valence-corrected chi connectivity index (χ3v) is 3.73. The number of allylic oxidation sites excluding steroid dienone is 2. The van der Waals surface area contributed by atoms with Gasteiger partial charge in [0, 0.05) is 24.8 Å². The number of hydrogen-bond acceptors (Lipinski definition) is 4. The summed E-state index contributed by atoms with van der Waals surface area (Å²) < 4.78 is 0. The van der Waals surface area contributed by atoms with Crippen LogP contribution in [0, 0.1) is 10.1 Å². The lowest BCUT2D eigenvalue weighted by molar-refractivity contribution is -0.385. The monoisotopic (exact) mass is 299 g/mol. The van der Waals surface area contributed by atoms with E-state index in [1.807, 2.05) is 19.1 Å². The lowest BCUT2D eigenvalue weighted by Gasteiger charge is -2.29. The Hall–Kier alpha value is -2.43. The largest absolute Gasteiger partial charge is 0.372 e. The topological polar surface area (TPSA) is 58.7 Å². The Bertz CT molecular complexity index is 629. The SMILES string of the molecule is C=N/C(=C\C(=C)C)c1cc(N2CCCCC2)ccc1[N+](=O)[O-]. The van der Waals surface area contributed by atoms with E-state index in [-0.39, 0.29) is 10.6 Å². The molecule has 1 saturated heterocycles. The summed E-state index contributed by atoms with van der Waals surface area (Å²) in [5.41, 5.74) is 2.79. The van der Waals surface area contributed by atoms with Crippen LogP contribution in [0.25, 0.3) is 5.70 Å². The first-order valence-corrected chi connectivity index (χ1v) is 7.40. The highest BCUT2D eigenvalue weighted by molar-refractivity contribution is 5.78. The Balaban J connectivity index is 2.49. The molecule has 1 heterocycles. The average Bonchev–Trinajstić information content (AvgIpc) is 2.52. The summed E-state index contributed by atoms with van der Waals surface area (Å²) in [6, 6.07) is 5.21. The van der Waals surface area contributed by atoms with E-state index in [9.17, 15) is 10.1 Å². The zero-order valence-corrected chi connectivity index (χ0v) is 12.9. The van der Waals surface area contributed by atoms with Crippen molar-refractivity contribution in [2.24, 2.45) is 4.99 Å². The Labute approximate surface area is 130 Å². The molecule has 0 saturated carbocycles. The molecule has 5 heteroatoms. The molecule has 1 aliphatic rings. The zero-order chi connectivity index (χ0) is 16.1. The lowest BCUT2D eigenvalue weighted by atomic mass is 10.0. The molecule has 0 atom stereocenters. The summed E-state index contributed by atoms with van der Waals surface area (Å²) in [7, 11) is 0. The van der Waals surface area contributed by atoms with Gasteiger partial charge in [0.15, 0.2) is 0 Å². The minimum atomic E-state index is -0.382. The molecule has 0 aromatic heterocycles. The highest BCUT2D eigenvalue weighted by atomic mass is 16.6. The van der Waals surface area contributed by atoms with Crippen molar-refractivity contribution in [3.05, 3.63) is 52.1 Å². The smallest absolute Gasteiger partial charge is 0.278 e. The summed E-state index contributed by atoms with van der Waals surface area (Å²) in [5.74, 6) is 0. The number of nitrogens with zero attached hydrogens (tertiary/aromatic N) is 3. The van der Waals surface area contributed by atoms with Gasteiger partial charge in [-0.3, -0.25) is 15.1 Å². The number of piperidine rings is 1. The fraction of sp³-hybridized carbons (Fsp3) is 0.353. The Morgan fingerprint density at radius 3 is 2.59 bits per heavy atom. The summed E-state index contributed by atoms with van der Waals surface area (Å²) in [6.07, 6.45) is 5.27. The van der Waals surface area contributed by atoms with Gasteiger partial charge in [-0.15, -0.1) is 0 Å². The molecule has 0 N–H and O–H groups in total. The van der Waals surface area contributed by atoms with Gasteiger partial charge >= 0.3 is 0 Å². The van der Waals surface area contributed by atoms with Crippen molar-refractivity contribution in [3.8, 4) is 0 Å². The van der Waals surface area contributed by atoms with Crippen LogP contribution in [-0.4, -0.2) is 24.7 Å². The number of rotatable bonds is 5. The summed E-state index contributed by atoms with van der Waals surface area (Å²) in [5, 5.41) is 11.3. The predicted molar refractivity (Wildman–Crippen MR) is 91.5 cm³/mol. The minimum Gasteiger partial charge on any atom is -0.372 e. The normalized spacial score (nSPS) is 15.5. The van der Waals surface area contributed by atoms with Crippen LogP contribution in [0.2, 0.25) is 0 Å². The van der Waals surface area contributed by atoms with Crippen LogP contribution >= 0.6 is 0 Å². The molecule has 1 aliphatic heterocycles. The average molecular weight is 299 g/mol. The van der Waals surface area contributed by atoms with Crippen LogP contribution in [0.1, 0.15) is 31.7 Å². The number of hydrogen-bond donors (Lipinski definition) is 0. The number of nitro groups is 1. The third-order valence-electron chi connectivity index (χ3n) is 3.73. The van der Waals surface area contributed by atoms with Gasteiger partial charge in [0.05, 0.1) is 16.2 Å². The molecule has 5 nitrogen and oxygen atoms in total. The van der Waals surface area contributed by atoms with Crippen molar-refractivity contribution in [1.82, 2.24) is 0 Å². The van der Waals surface area contributed by atoms with Gasteiger partial charge in [0.1, 0.15) is 0 Å². The first-order valence-electron chi connectivity index (χ1n) is 7.40. The minimum absolute atomic E-state index is 0.0423. The maximum Gasteiger partial charge on any atom is 0.278 e. The van der Waals surface area contributed by atoms with E-state index in [1.165, 1.54) is 6.42 Å². The third kappa shape index (κ3) is 3.61. The van der Waals surface area contributed by atoms with Crippen LogP contribution in [0.4, 0.5) is 11.4 Å². The lowest BCUT2D eigenvalue weighted by Crippen LogP contribution is -2.29. The molecule has 0 aliphatic carbocycles. The zero-order valence-electron chi connectivity index (χ0n) is 12.9. The van der Waals surface area contributed by atoms with Crippen LogP contribution in [0.3, 0.4) is 0 Å². The number of benzene rings is 1. The first kappa shape index (κ1) is 15.9. The van der Waals surface area contributed by atoms with Gasteiger partial charge in [0.25, 0.3) is 5.69 Å². The molecule has 0 radical (unpaired) electrons. The molecule has 0 spiro atoms. The van der Waals surface area contributed by atoms with E-state index in [4.69, 9.17) is 0 Å². The van der Waals surface area contributed by atoms with Gasteiger partial charge in [-0.25, -0.2) is 0 Å². The fourth-order valence-electron chi connectivity index (χ4n) is 2.68. The van der Waals surface area contributed by atoms with E-state index < -0.39 is 0 Å². The molecule has 1 aromatic rings. The van der Waals surface area contributed by atoms with Crippen molar-refractivity contribution < 1.29 is 4.92 Å². The molecule has 116 valence electrons. The van der Waals surface area contributed by atoms with E-state index in [1.54, 1.807) is 12.1 Å². The molecular weight excluding hydrogens is 278 g/mol. The molecule has 0 amide bonds.